The highest BCUT2D eigenvalue weighted by Crippen LogP contribution is 2.54. The lowest BCUT2D eigenvalue weighted by atomic mass is 10.00. The van der Waals surface area contributed by atoms with Gasteiger partial charge in [-0.05, 0) is 31.9 Å². The van der Waals surface area contributed by atoms with Crippen LogP contribution in [0.1, 0.15) is 32.6 Å². The van der Waals surface area contributed by atoms with Crippen LogP contribution in [0.25, 0.3) is 0 Å². The smallest absolute Gasteiger partial charge is 0.405 e. The maximum Gasteiger partial charge on any atom is 0.532 e. The highest BCUT2D eigenvalue weighted by Gasteiger charge is 2.46. The molecule has 1 aromatic rings. The van der Waals surface area contributed by atoms with Gasteiger partial charge in [0.1, 0.15) is 11.3 Å². The van der Waals surface area contributed by atoms with Crippen molar-refractivity contribution >= 4 is 24.2 Å². The van der Waals surface area contributed by atoms with Crippen LogP contribution in [-0.4, -0.2) is 18.1 Å². The zero-order valence-corrected chi connectivity index (χ0v) is 13.9. The number of hydroxylamine groups is 1. The van der Waals surface area contributed by atoms with Gasteiger partial charge in [0.2, 0.25) is 0 Å². The minimum Gasteiger partial charge on any atom is -0.405 e. The zero-order valence-electron chi connectivity index (χ0n) is 12.3. The van der Waals surface area contributed by atoms with Gasteiger partial charge in [-0.3, -0.25) is 0 Å². The molecule has 1 aliphatic carbocycles. The van der Waals surface area contributed by atoms with E-state index in [9.17, 15) is 9.36 Å². The number of carbonyl (C=O) groups is 1. The van der Waals surface area contributed by atoms with Crippen LogP contribution in [0, 0.1) is 0 Å². The predicted molar refractivity (Wildman–Crippen MR) is 82.6 cm³/mol. The van der Waals surface area contributed by atoms with Crippen molar-refractivity contribution in [2.24, 2.45) is 0 Å². The van der Waals surface area contributed by atoms with E-state index in [-0.39, 0.29) is 5.75 Å². The average Bonchev–Trinajstić information content (AvgIpc) is 2.95. The van der Waals surface area contributed by atoms with Gasteiger partial charge < -0.3 is 13.9 Å². The normalized spacial score (nSPS) is 19.4. The molecule has 1 unspecified atom stereocenters. The Kier molecular flexibility index (Phi) is 5.87. The quantitative estimate of drug-likeness (QED) is 0.597. The molecule has 0 bridgehead atoms. The molecule has 0 aliphatic heterocycles. The molecular formula is C14H19ClNO5P. The largest absolute Gasteiger partial charge is 0.532 e. The highest BCUT2D eigenvalue weighted by molar-refractivity contribution is 7.82. The van der Waals surface area contributed by atoms with E-state index >= 15 is 0 Å². The predicted octanol–water partition coefficient (Wildman–Crippen LogP) is 3.81. The summed E-state index contributed by atoms with van der Waals surface area (Å²) in [5, 5.41) is 0. The van der Waals surface area contributed by atoms with Crippen LogP contribution < -0.4 is 10.0 Å². The van der Waals surface area contributed by atoms with Crippen molar-refractivity contribution in [3.63, 3.8) is 0 Å². The number of halogens is 1. The first kappa shape index (κ1) is 17.3. The molecule has 1 N–H and O–H groups in total. The average molecular weight is 348 g/mol. The van der Waals surface area contributed by atoms with E-state index in [1.807, 2.05) is 0 Å². The first-order valence-electron chi connectivity index (χ1n) is 7.15. The molecule has 1 fully saturated rings. The summed E-state index contributed by atoms with van der Waals surface area (Å²) >= 11 is 5.76. The summed E-state index contributed by atoms with van der Waals surface area (Å²) in [7, 11) is 0. The second kappa shape index (κ2) is 7.47. The van der Waals surface area contributed by atoms with E-state index in [0.29, 0.717) is 19.4 Å². The fourth-order valence-electron chi connectivity index (χ4n) is 2.35. The number of hydrogen-bond donors (Lipinski definition) is 1. The molecule has 1 saturated carbocycles. The van der Waals surface area contributed by atoms with Crippen LogP contribution in [0.2, 0.25) is 0 Å². The van der Waals surface area contributed by atoms with Crippen molar-refractivity contribution in [3.8, 4) is 5.75 Å². The van der Waals surface area contributed by atoms with Crippen molar-refractivity contribution in [3.05, 3.63) is 30.3 Å². The third-order valence-corrected chi connectivity index (χ3v) is 4.64. The molecular weight excluding hydrogens is 329 g/mol. The first-order chi connectivity index (χ1) is 10.5. The molecule has 0 heterocycles. The Hall–Kier alpha value is -1.07. The van der Waals surface area contributed by atoms with Gasteiger partial charge in [0.15, 0.2) is 0 Å². The van der Waals surface area contributed by atoms with Crippen LogP contribution >= 0.6 is 18.2 Å². The van der Waals surface area contributed by atoms with E-state index < -0.39 is 18.5 Å². The van der Waals surface area contributed by atoms with Gasteiger partial charge in [-0.2, -0.15) is 5.48 Å². The molecule has 1 aromatic carbocycles. The molecule has 1 atom stereocenters. The van der Waals surface area contributed by atoms with Crippen molar-refractivity contribution in [1.29, 1.82) is 0 Å². The molecule has 2 rings (SSSR count). The Morgan fingerprint density at radius 3 is 2.55 bits per heavy atom. The molecule has 0 radical (unpaired) electrons. The zero-order chi connectivity index (χ0) is 16.1. The summed E-state index contributed by atoms with van der Waals surface area (Å²) in [6, 6.07) is 8.32. The van der Waals surface area contributed by atoms with Crippen molar-refractivity contribution in [1.82, 2.24) is 5.48 Å². The monoisotopic (exact) mass is 347 g/mol. The summed E-state index contributed by atoms with van der Waals surface area (Å²) in [6.07, 6.45) is 2.77. The number of benzene rings is 1. The van der Waals surface area contributed by atoms with E-state index in [4.69, 9.17) is 25.1 Å². The van der Waals surface area contributed by atoms with Gasteiger partial charge in [0.05, 0.1) is 6.61 Å². The van der Waals surface area contributed by atoms with Crippen molar-refractivity contribution in [2.45, 2.75) is 38.1 Å². The molecule has 8 heteroatoms. The number of para-hydroxylation sites is 1. The highest BCUT2D eigenvalue weighted by atomic mass is 35.7. The lowest BCUT2D eigenvalue weighted by Gasteiger charge is -2.27. The maximum atomic E-state index is 12.4. The van der Waals surface area contributed by atoms with Gasteiger partial charge in [-0.15, -0.1) is 0 Å². The molecule has 1 aliphatic rings. The van der Waals surface area contributed by atoms with E-state index in [1.165, 1.54) is 0 Å². The Bertz CT molecular complexity index is 547. The topological polar surface area (TPSA) is 73.9 Å². The Morgan fingerprint density at radius 1 is 1.32 bits per heavy atom. The Labute approximate surface area is 134 Å². The van der Waals surface area contributed by atoms with Gasteiger partial charge in [0, 0.05) is 11.2 Å². The van der Waals surface area contributed by atoms with Crippen molar-refractivity contribution in [2.75, 3.05) is 6.61 Å². The van der Waals surface area contributed by atoms with Gasteiger partial charge in [0.25, 0.3) is 0 Å². The van der Waals surface area contributed by atoms with Crippen LogP contribution in [-0.2, 0) is 18.7 Å². The number of carbonyl (C=O) groups excluding carboxylic acids is 1. The summed E-state index contributed by atoms with van der Waals surface area (Å²) in [5.41, 5.74) is 1.71. The fourth-order valence-corrected chi connectivity index (χ4v) is 3.56. The van der Waals surface area contributed by atoms with Crippen LogP contribution in [0.5, 0.6) is 5.75 Å². The molecule has 122 valence electrons. The summed E-state index contributed by atoms with van der Waals surface area (Å²) in [4.78, 5) is 17.5. The standard InChI is InChI=1S/C14H19ClNO5P/c1-2-19-16-14(10-6-7-11-14)13(17)21-22(15,18)20-12-8-4-3-5-9-12/h3-5,8-9,16H,2,6-7,10-11H2,1H3. The number of nitrogens with one attached hydrogen (secondary N) is 1. The minimum absolute atomic E-state index is 0.270. The third kappa shape index (κ3) is 4.46. The van der Waals surface area contributed by atoms with Gasteiger partial charge in [-0.1, -0.05) is 31.0 Å². The summed E-state index contributed by atoms with van der Waals surface area (Å²) < 4.78 is 22.2. The molecule has 6 nitrogen and oxygen atoms in total. The molecule has 0 amide bonds. The lowest BCUT2D eigenvalue weighted by Crippen LogP contribution is -2.50. The number of hydrogen-bond acceptors (Lipinski definition) is 6. The Morgan fingerprint density at radius 2 is 1.95 bits per heavy atom. The first-order valence-corrected chi connectivity index (χ1v) is 9.59. The van der Waals surface area contributed by atoms with Gasteiger partial charge in [-0.25, -0.2) is 9.36 Å². The minimum atomic E-state index is -4.07. The second-order valence-electron chi connectivity index (χ2n) is 5.04. The fraction of sp³-hybridized carbons (Fsp3) is 0.500. The number of rotatable bonds is 7. The van der Waals surface area contributed by atoms with Crippen LogP contribution in [0.15, 0.2) is 30.3 Å². The molecule has 0 spiro atoms. The van der Waals surface area contributed by atoms with Gasteiger partial charge >= 0.3 is 12.9 Å². The Balaban J connectivity index is 2.03. The second-order valence-corrected chi connectivity index (χ2v) is 7.51. The molecule has 22 heavy (non-hydrogen) atoms. The van der Waals surface area contributed by atoms with Crippen LogP contribution in [0.3, 0.4) is 0 Å². The maximum absolute atomic E-state index is 12.4. The van der Waals surface area contributed by atoms with E-state index in [2.05, 4.69) is 5.48 Å². The third-order valence-electron chi connectivity index (χ3n) is 3.41. The summed E-state index contributed by atoms with van der Waals surface area (Å²) in [5.74, 6) is -0.445. The summed E-state index contributed by atoms with van der Waals surface area (Å²) in [6.45, 7) is -1.88. The van der Waals surface area contributed by atoms with E-state index in [0.717, 1.165) is 12.8 Å². The SMILES string of the molecule is CCONC1(C(=O)OP(=O)(Cl)Oc2ccccc2)CCCC1. The molecule has 0 aromatic heterocycles. The molecule has 0 saturated heterocycles. The van der Waals surface area contributed by atoms with Crippen LogP contribution in [0.4, 0.5) is 0 Å². The van der Waals surface area contributed by atoms with E-state index in [1.54, 1.807) is 37.3 Å². The van der Waals surface area contributed by atoms with Crippen molar-refractivity contribution < 1.29 is 23.2 Å². The lowest BCUT2D eigenvalue weighted by molar-refractivity contribution is -0.149.